The van der Waals surface area contributed by atoms with E-state index < -0.39 is 0 Å². The van der Waals surface area contributed by atoms with E-state index in [1.165, 1.54) is 16.6 Å². The van der Waals surface area contributed by atoms with E-state index in [-0.39, 0.29) is 12.5 Å². The Morgan fingerprint density at radius 1 is 1.24 bits per heavy atom. The first-order valence-corrected chi connectivity index (χ1v) is 7.31. The molecule has 1 aromatic rings. The minimum Gasteiger partial charge on any atom is -0.336 e. The molecule has 0 aromatic heterocycles. The number of nitrogens with one attached hydrogen (secondary N) is 1. The molecule has 1 radical (unpaired) electrons. The SMILES string of the molecule is CCc1ccc(C2=NCC(=O)NC3=C2C(C)=C(C)[B]3)cc1. The Kier molecular flexibility index (Phi) is 3.54. The third-order valence-electron chi connectivity index (χ3n) is 4.12. The summed E-state index contributed by atoms with van der Waals surface area (Å²) in [7, 11) is 2.03. The Hall–Kier alpha value is -2.10. The van der Waals surface area contributed by atoms with Gasteiger partial charge in [0.1, 0.15) is 6.54 Å². The van der Waals surface area contributed by atoms with Crippen LogP contribution in [0.2, 0.25) is 0 Å². The first-order valence-electron chi connectivity index (χ1n) is 7.31. The average molecular weight is 277 g/mol. The minimum atomic E-state index is -0.0542. The second-order valence-corrected chi connectivity index (χ2v) is 5.50. The highest BCUT2D eigenvalue weighted by atomic mass is 16.1. The van der Waals surface area contributed by atoms with Crippen LogP contribution in [0, 0.1) is 0 Å². The first kappa shape index (κ1) is 13.9. The Morgan fingerprint density at radius 3 is 2.62 bits per heavy atom. The molecule has 21 heavy (non-hydrogen) atoms. The van der Waals surface area contributed by atoms with Crippen LogP contribution >= 0.6 is 0 Å². The van der Waals surface area contributed by atoms with E-state index in [0.29, 0.717) is 0 Å². The van der Waals surface area contributed by atoms with Crippen LogP contribution in [0.15, 0.2) is 51.5 Å². The quantitative estimate of drug-likeness (QED) is 0.828. The third-order valence-corrected chi connectivity index (χ3v) is 4.12. The number of nitrogens with zero attached hydrogens (tertiary/aromatic N) is 1. The lowest BCUT2D eigenvalue weighted by atomic mass is 9.69. The van der Waals surface area contributed by atoms with Crippen LogP contribution in [0.4, 0.5) is 0 Å². The number of aliphatic imine (C=N–C) groups is 1. The van der Waals surface area contributed by atoms with Gasteiger partial charge >= 0.3 is 0 Å². The predicted molar refractivity (Wildman–Crippen MR) is 86.5 cm³/mol. The van der Waals surface area contributed by atoms with Gasteiger partial charge in [0.05, 0.1) is 5.71 Å². The number of hydrogen-bond acceptors (Lipinski definition) is 2. The molecule has 3 nitrogen and oxygen atoms in total. The Balaban J connectivity index is 2.09. The Morgan fingerprint density at radius 2 is 1.95 bits per heavy atom. The lowest BCUT2D eigenvalue weighted by Gasteiger charge is -2.12. The van der Waals surface area contributed by atoms with Crippen LogP contribution in [-0.4, -0.2) is 25.4 Å². The molecule has 1 amide bonds. The lowest BCUT2D eigenvalue weighted by Crippen LogP contribution is -2.26. The Labute approximate surface area is 126 Å². The predicted octanol–water partition coefficient (Wildman–Crippen LogP) is 2.39. The maximum absolute atomic E-state index is 11.8. The minimum absolute atomic E-state index is 0.0542. The number of amides is 1. The lowest BCUT2D eigenvalue weighted by molar-refractivity contribution is -0.118. The Bertz CT molecular complexity index is 692. The number of hydrogen-bond donors (Lipinski definition) is 1. The maximum atomic E-state index is 11.8. The fraction of sp³-hybridized carbons (Fsp3) is 0.294. The van der Waals surface area contributed by atoms with Crippen LogP contribution in [0.1, 0.15) is 31.9 Å². The van der Waals surface area contributed by atoms with Crippen molar-refractivity contribution in [1.82, 2.24) is 5.32 Å². The van der Waals surface area contributed by atoms with Crippen molar-refractivity contribution in [2.24, 2.45) is 4.99 Å². The third kappa shape index (κ3) is 2.46. The molecule has 2 aliphatic heterocycles. The summed E-state index contributed by atoms with van der Waals surface area (Å²) < 4.78 is 0. The van der Waals surface area contributed by atoms with Gasteiger partial charge in [-0.25, -0.2) is 0 Å². The van der Waals surface area contributed by atoms with Gasteiger partial charge in [-0.1, -0.05) is 49.2 Å². The van der Waals surface area contributed by atoms with Gasteiger partial charge in [-0.15, -0.1) is 0 Å². The van der Waals surface area contributed by atoms with Gasteiger partial charge in [-0.3, -0.25) is 9.79 Å². The largest absolute Gasteiger partial charge is 0.336 e. The van der Waals surface area contributed by atoms with Gasteiger partial charge in [-0.2, -0.15) is 0 Å². The molecule has 0 saturated heterocycles. The zero-order valence-electron chi connectivity index (χ0n) is 12.7. The second-order valence-electron chi connectivity index (χ2n) is 5.50. The van der Waals surface area contributed by atoms with E-state index >= 15 is 0 Å². The molecule has 0 unspecified atom stereocenters. The summed E-state index contributed by atoms with van der Waals surface area (Å²) >= 11 is 0. The molecular weight excluding hydrogens is 259 g/mol. The molecule has 0 aliphatic carbocycles. The topological polar surface area (TPSA) is 41.5 Å². The van der Waals surface area contributed by atoms with E-state index in [2.05, 4.69) is 55.3 Å². The van der Waals surface area contributed by atoms with Gasteiger partial charge in [0.2, 0.25) is 13.2 Å². The van der Waals surface area contributed by atoms with Gasteiger partial charge < -0.3 is 5.32 Å². The monoisotopic (exact) mass is 277 g/mol. The zero-order chi connectivity index (χ0) is 15.0. The summed E-state index contributed by atoms with van der Waals surface area (Å²) in [5, 5.41) is 2.95. The van der Waals surface area contributed by atoms with Crippen molar-refractivity contribution in [1.29, 1.82) is 0 Å². The number of aryl methyl sites for hydroxylation is 1. The molecule has 1 aromatic carbocycles. The van der Waals surface area contributed by atoms with Crippen molar-refractivity contribution in [2.45, 2.75) is 27.2 Å². The highest BCUT2D eigenvalue weighted by Crippen LogP contribution is 2.29. The van der Waals surface area contributed by atoms with E-state index in [1.807, 2.05) is 7.28 Å². The summed E-state index contributed by atoms with van der Waals surface area (Å²) in [6.07, 6.45) is 1.02. The summed E-state index contributed by atoms with van der Waals surface area (Å²) in [5.74, 6) is -0.0542. The van der Waals surface area contributed by atoms with Crippen molar-refractivity contribution in [3.8, 4) is 0 Å². The summed E-state index contributed by atoms with van der Waals surface area (Å²) in [5.41, 5.74) is 7.59. The summed E-state index contributed by atoms with van der Waals surface area (Å²) in [6.45, 7) is 6.47. The zero-order valence-corrected chi connectivity index (χ0v) is 12.7. The molecule has 2 heterocycles. The van der Waals surface area contributed by atoms with Crippen molar-refractivity contribution in [3.05, 3.63) is 57.6 Å². The summed E-state index contributed by atoms with van der Waals surface area (Å²) in [4.78, 5) is 16.4. The van der Waals surface area contributed by atoms with Gasteiger partial charge in [0, 0.05) is 11.1 Å². The number of benzene rings is 1. The molecule has 0 fully saturated rings. The molecule has 3 rings (SSSR count). The van der Waals surface area contributed by atoms with Gasteiger partial charge in [0.25, 0.3) is 0 Å². The molecule has 0 saturated carbocycles. The number of rotatable bonds is 2. The molecule has 4 heteroatoms. The first-order chi connectivity index (χ1) is 10.1. The normalized spacial score (nSPS) is 18.0. The van der Waals surface area contributed by atoms with Crippen LogP contribution in [0.25, 0.3) is 0 Å². The summed E-state index contributed by atoms with van der Waals surface area (Å²) in [6, 6.07) is 8.45. The van der Waals surface area contributed by atoms with Crippen LogP contribution in [-0.2, 0) is 11.2 Å². The average Bonchev–Trinajstić information content (AvgIpc) is 2.67. The van der Waals surface area contributed by atoms with Crippen LogP contribution < -0.4 is 5.32 Å². The van der Waals surface area contributed by atoms with E-state index in [0.717, 1.165) is 28.9 Å². The fourth-order valence-corrected chi connectivity index (χ4v) is 2.75. The van der Waals surface area contributed by atoms with E-state index in [9.17, 15) is 4.79 Å². The standard InChI is InChI=1S/C17H18BN2O/c1-4-12-5-7-13(8-6-12)16-15-10(2)11(3)18-17(15)20-14(21)9-19-16/h5-8H,4,9H2,1-3H3,(H,20,21). The highest BCUT2D eigenvalue weighted by Gasteiger charge is 2.28. The van der Waals surface area contributed by atoms with Gasteiger partial charge in [0.15, 0.2) is 0 Å². The molecule has 0 atom stereocenters. The second kappa shape index (κ2) is 5.36. The molecular formula is C17H18BN2O. The molecule has 0 spiro atoms. The van der Waals surface area contributed by atoms with Crippen molar-refractivity contribution in [3.63, 3.8) is 0 Å². The van der Waals surface area contributed by atoms with E-state index in [4.69, 9.17) is 0 Å². The molecule has 0 bridgehead atoms. The van der Waals surface area contributed by atoms with E-state index in [1.54, 1.807) is 0 Å². The fourth-order valence-electron chi connectivity index (χ4n) is 2.75. The number of carbonyl (C=O) groups is 1. The molecule has 1 N–H and O–H groups in total. The van der Waals surface area contributed by atoms with Gasteiger partial charge in [-0.05, 0) is 24.5 Å². The van der Waals surface area contributed by atoms with Crippen molar-refractivity contribution >= 4 is 18.9 Å². The van der Waals surface area contributed by atoms with Crippen molar-refractivity contribution in [2.75, 3.05) is 6.54 Å². The van der Waals surface area contributed by atoms with Crippen molar-refractivity contribution < 1.29 is 4.79 Å². The highest BCUT2D eigenvalue weighted by molar-refractivity contribution is 6.58. The molecule has 105 valence electrons. The number of allylic oxidation sites excluding steroid dienone is 3. The smallest absolute Gasteiger partial charge is 0.245 e. The van der Waals surface area contributed by atoms with Crippen LogP contribution in [0.5, 0.6) is 0 Å². The van der Waals surface area contributed by atoms with Crippen LogP contribution in [0.3, 0.4) is 0 Å². The molecule has 2 aliphatic rings. The number of carbonyl (C=O) groups excluding carboxylic acids is 1. The maximum Gasteiger partial charge on any atom is 0.245 e.